The van der Waals surface area contributed by atoms with Gasteiger partial charge in [0.25, 0.3) is 5.91 Å². The molecule has 11 heteroatoms. The van der Waals surface area contributed by atoms with Gasteiger partial charge in [-0.2, -0.15) is 5.10 Å². The summed E-state index contributed by atoms with van der Waals surface area (Å²) in [6.45, 7) is 1.70. The Labute approximate surface area is 196 Å². The van der Waals surface area contributed by atoms with Crippen molar-refractivity contribution in [2.24, 2.45) is 0 Å². The Balaban J connectivity index is 1.48. The van der Waals surface area contributed by atoms with Crippen LogP contribution in [0.5, 0.6) is 5.75 Å². The fourth-order valence-electron chi connectivity index (χ4n) is 3.01. The molecular formula is C22H16Cl2F2N4O3. The Morgan fingerprint density at radius 2 is 1.97 bits per heavy atom. The normalized spacial score (nSPS) is 10.9. The van der Waals surface area contributed by atoms with Crippen LogP contribution < -0.4 is 10.1 Å². The van der Waals surface area contributed by atoms with E-state index >= 15 is 0 Å². The lowest BCUT2D eigenvalue weighted by atomic mass is 10.2. The first-order valence-electron chi connectivity index (χ1n) is 9.62. The van der Waals surface area contributed by atoms with Crippen LogP contribution >= 0.6 is 23.2 Å². The van der Waals surface area contributed by atoms with E-state index in [4.69, 9.17) is 32.5 Å². The molecule has 4 aromatic rings. The Morgan fingerprint density at radius 1 is 1.18 bits per heavy atom. The molecule has 33 heavy (non-hydrogen) atoms. The topological polar surface area (TPSA) is 82.2 Å². The maximum atomic E-state index is 13.8. The third-order valence-corrected chi connectivity index (χ3v) is 5.35. The van der Waals surface area contributed by atoms with Crippen molar-refractivity contribution in [2.45, 2.75) is 20.1 Å². The smallest absolute Gasteiger partial charge is 0.279 e. The molecule has 0 aliphatic rings. The standard InChI is InChI=1S/C22H16Cl2F2N4O3/c1-12-15(11-32-19-7-6-14(25)8-18(19)26)20(29-33-12)22(31)27-21-17(24)10-30(28-21)9-13-4-2-3-5-16(13)23/h2-8,10H,9,11H2,1H3,(H,27,28,31). The minimum atomic E-state index is -0.869. The van der Waals surface area contributed by atoms with Crippen LogP contribution in [0.2, 0.25) is 10.0 Å². The number of halogens is 4. The molecule has 170 valence electrons. The number of aromatic nitrogens is 3. The number of hydrogen-bond donors (Lipinski definition) is 1. The molecular weight excluding hydrogens is 477 g/mol. The Hall–Kier alpha value is -3.43. The predicted molar refractivity (Wildman–Crippen MR) is 118 cm³/mol. The van der Waals surface area contributed by atoms with Gasteiger partial charge < -0.3 is 14.6 Å². The molecule has 0 fully saturated rings. The van der Waals surface area contributed by atoms with E-state index in [2.05, 4.69) is 15.6 Å². The number of rotatable bonds is 7. The van der Waals surface area contributed by atoms with Gasteiger partial charge in [-0.15, -0.1) is 0 Å². The maximum absolute atomic E-state index is 13.8. The van der Waals surface area contributed by atoms with Gasteiger partial charge in [-0.25, -0.2) is 8.78 Å². The average molecular weight is 493 g/mol. The minimum Gasteiger partial charge on any atom is -0.486 e. The van der Waals surface area contributed by atoms with E-state index in [0.717, 1.165) is 17.7 Å². The number of ether oxygens (including phenoxy) is 1. The van der Waals surface area contributed by atoms with Gasteiger partial charge >= 0.3 is 0 Å². The van der Waals surface area contributed by atoms with E-state index in [1.165, 1.54) is 4.68 Å². The molecule has 0 radical (unpaired) electrons. The number of hydrogen-bond acceptors (Lipinski definition) is 5. The second-order valence-corrected chi connectivity index (χ2v) is 7.81. The average Bonchev–Trinajstić information content (AvgIpc) is 3.31. The summed E-state index contributed by atoms with van der Waals surface area (Å²) in [5, 5.41) is 11.4. The molecule has 0 spiro atoms. The number of carbonyl (C=O) groups is 1. The van der Waals surface area contributed by atoms with E-state index in [-0.39, 0.29) is 28.9 Å². The highest BCUT2D eigenvalue weighted by Crippen LogP contribution is 2.25. The lowest BCUT2D eigenvalue weighted by Crippen LogP contribution is -2.16. The maximum Gasteiger partial charge on any atom is 0.279 e. The lowest BCUT2D eigenvalue weighted by molar-refractivity contribution is 0.101. The molecule has 0 saturated carbocycles. The summed E-state index contributed by atoms with van der Waals surface area (Å²) in [6, 6.07) is 10.2. The lowest BCUT2D eigenvalue weighted by Gasteiger charge is -2.08. The van der Waals surface area contributed by atoms with Gasteiger partial charge in [0.05, 0.1) is 12.1 Å². The highest BCUT2D eigenvalue weighted by atomic mass is 35.5. The van der Waals surface area contributed by atoms with Crippen LogP contribution in [0, 0.1) is 18.6 Å². The van der Waals surface area contributed by atoms with Crippen molar-refractivity contribution in [3.8, 4) is 5.75 Å². The van der Waals surface area contributed by atoms with Crippen LogP contribution in [0.3, 0.4) is 0 Å². The molecule has 2 aromatic heterocycles. The summed E-state index contributed by atoms with van der Waals surface area (Å²) >= 11 is 12.4. The third kappa shape index (κ3) is 5.15. The van der Waals surface area contributed by atoms with Gasteiger partial charge in [0, 0.05) is 17.3 Å². The van der Waals surface area contributed by atoms with E-state index in [1.54, 1.807) is 19.2 Å². The van der Waals surface area contributed by atoms with Gasteiger partial charge in [0.15, 0.2) is 23.1 Å². The molecule has 4 rings (SSSR count). The van der Waals surface area contributed by atoms with Crippen molar-refractivity contribution < 1.29 is 22.8 Å². The van der Waals surface area contributed by atoms with Crippen LogP contribution in [0.1, 0.15) is 27.4 Å². The second-order valence-electron chi connectivity index (χ2n) is 7.00. The zero-order valence-corrected chi connectivity index (χ0v) is 18.6. The summed E-state index contributed by atoms with van der Waals surface area (Å²) in [6.07, 6.45) is 1.55. The van der Waals surface area contributed by atoms with Crippen molar-refractivity contribution in [2.75, 3.05) is 5.32 Å². The van der Waals surface area contributed by atoms with E-state index in [9.17, 15) is 13.6 Å². The second kappa shape index (κ2) is 9.60. The fraction of sp³-hybridized carbons (Fsp3) is 0.136. The summed E-state index contributed by atoms with van der Waals surface area (Å²) in [7, 11) is 0. The van der Waals surface area contributed by atoms with Crippen LogP contribution in [-0.2, 0) is 13.2 Å². The Bertz CT molecular complexity index is 1320. The molecule has 7 nitrogen and oxygen atoms in total. The molecule has 0 aliphatic heterocycles. The van der Waals surface area contributed by atoms with Gasteiger partial charge in [-0.05, 0) is 30.7 Å². The fourth-order valence-corrected chi connectivity index (χ4v) is 3.41. The molecule has 0 atom stereocenters. The van der Waals surface area contributed by atoms with Gasteiger partial charge in [-0.3, -0.25) is 9.48 Å². The van der Waals surface area contributed by atoms with Gasteiger partial charge in [0.2, 0.25) is 0 Å². The highest BCUT2D eigenvalue weighted by molar-refractivity contribution is 6.33. The van der Waals surface area contributed by atoms with E-state index in [0.29, 0.717) is 29.0 Å². The summed E-state index contributed by atoms with van der Waals surface area (Å²) in [5.74, 6) is -2.00. The SMILES string of the molecule is Cc1onc(C(=O)Nc2nn(Cc3ccccc3Cl)cc2Cl)c1COc1ccc(F)cc1F. The number of amides is 1. The number of carbonyl (C=O) groups excluding carboxylic acids is 1. The molecule has 2 aromatic carbocycles. The molecule has 0 bridgehead atoms. The number of benzene rings is 2. The third-order valence-electron chi connectivity index (χ3n) is 4.70. The molecule has 0 aliphatic carbocycles. The zero-order valence-electron chi connectivity index (χ0n) is 17.1. The predicted octanol–water partition coefficient (Wildman–Crippen LogP) is 5.64. The number of nitrogens with one attached hydrogen (secondary N) is 1. The summed E-state index contributed by atoms with van der Waals surface area (Å²) in [4.78, 5) is 12.8. The van der Waals surface area contributed by atoms with Crippen molar-refractivity contribution in [3.63, 3.8) is 0 Å². The number of nitrogens with zero attached hydrogens (tertiary/aromatic N) is 3. The number of anilines is 1. The van der Waals surface area contributed by atoms with Crippen molar-refractivity contribution >= 4 is 34.9 Å². The summed E-state index contributed by atoms with van der Waals surface area (Å²) in [5.41, 5.74) is 1.05. The number of aryl methyl sites for hydroxylation is 1. The van der Waals surface area contributed by atoms with Crippen LogP contribution in [0.4, 0.5) is 14.6 Å². The highest BCUT2D eigenvalue weighted by Gasteiger charge is 2.23. The van der Waals surface area contributed by atoms with Crippen molar-refractivity contribution in [3.05, 3.63) is 92.9 Å². The first kappa shape index (κ1) is 22.8. The Morgan fingerprint density at radius 3 is 2.73 bits per heavy atom. The first-order valence-corrected chi connectivity index (χ1v) is 10.4. The van der Waals surface area contributed by atoms with Crippen molar-refractivity contribution in [1.29, 1.82) is 0 Å². The first-order chi connectivity index (χ1) is 15.8. The van der Waals surface area contributed by atoms with Crippen molar-refractivity contribution in [1.82, 2.24) is 14.9 Å². The van der Waals surface area contributed by atoms with E-state index in [1.807, 2.05) is 18.2 Å². The van der Waals surface area contributed by atoms with E-state index < -0.39 is 17.5 Å². The molecule has 0 unspecified atom stereocenters. The quantitative estimate of drug-likeness (QED) is 0.360. The zero-order chi connectivity index (χ0) is 23.5. The van der Waals surface area contributed by atoms with Crippen LogP contribution in [0.25, 0.3) is 0 Å². The molecule has 1 N–H and O–H groups in total. The molecule has 1 amide bonds. The van der Waals surface area contributed by atoms with Gasteiger partial charge in [0.1, 0.15) is 23.2 Å². The monoisotopic (exact) mass is 492 g/mol. The molecule has 0 saturated heterocycles. The Kier molecular flexibility index (Phi) is 6.62. The van der Waals surface area contributed by atoms with Gasteiger partial charge in [-0.1, -0.05) is 46.6 Å². The minimum absolute atomic E-state index is 0.0771. The summed E-state index contributed by atoms with van der Waals surface area (Å²) < 4.78 is 38.9. The molecule has 2 heterocycles. The van der Waals surface area contributed by atoms with Crippen LogP contribution in [-0.4, -0.2) is 20.8 Å². The largest absolute Gasteiger partial charge is 0.486 e. The van der Waals surface area contributed by atoms with Crippen LogP contribution in [0.15, 0.2) is 53.2 Å².